The van der Waals surface area contributed by atoms with E-state index in [2.05, 4.69) is 4.98 Å². The zero-order valence-corrected chi connectivity index (χ0v) is 22.6. The second-order valence-electron chi connectivity index (χ2n) is 8.39. The molecule has 8 nitrogen and oxygen atoms in total. The van der Waals surface area contributed by atoms with E-state index in [1.54, 1.807) is 44.7 Å². The summed E-state index contributed by atoms with van der Waals surface area (Å²) >= 11 is 6.59. The number of thioether (sulfide) groups is 1. The molecule has 11 heteroatoms. The zero-order valence-electron chi connectivity index (χ0n) is 20.9. The van der Waals surface area contributed by atoms with Gasteiger partial charge in [0.05, 0.1) is 19.1 Å². The molecule has 1 aliphatic heterocycles. The number of methoxy groups -OCH3 is 2. The quantitative estimate of drug-likeness (QED) is 0.217. The van der Waals surface area contributed by atoms with E-state index in [1.807, 2.05) is 12.1 Å². The van der Waals surface area contributed by atoms with Crippen LogP contribution in [0.5, 0.6) is 23.1 Å². The molecule has 3 heterocycles. The maximum absolute atomic E-state index is 13.4. The third-order valence-electron chi connectivity index (χ3n) is 5.98. The second-order valence-corrected chi connectivity index (χ2v) is 10.1. The van der Waals surface area contributed by atoms with E-state index in [4.69, 9.17) is 26.4 Å². The maximum atomic E-state index is 13.4. The third-order valence-corrected chi connectivity index (χ3v) is 7.36. The molecule has 0 spiro atoms. The monoisotopic (exact) mass is 563 g/mol. The maximum Gasteiger partial charge on any atom is 0.269 e. The summed E-state index contributed by atoms with van der Waals surface area (Å²) in [6.45, 7) is 0.339. The van der Waals surface area contributed by atoms with Crippen LogP contribution in [0.4, 0.5) is 4.39 Å². The van der Waals surface area contributed by atoms with Crippen molar-refractivity contribution in [3.8, 4) is 23.1 Å². The number of pyridine rings is 1. The summed E-state index contributed by atoms with van der Waals surface area (Å²) in [7, 11) is 3.13. The number of carbonyl (C=O) groups is 1. The first-order valence-corrected chi connectivity index (χ1v) is 13.0. The van der Waals surface area contributed by atoms with E-state index in [1.165, 1.54) is 39.6 Å². The van der Waals surface area contributed by atoms with Crippen LogP contribution in [0.25, 0.3) is 11.7 Å². The van der Waals surface area contributed by atoms with Gasteiger partial charge in [-0.25, -0.2) is 4.39 Å². The normalized spacial score (nSPS) is 14.3. The lowest BCUT2D eigenvalue weighted by Gasteiger charge is -2.15. The highest BCUT2D eigenvalue weighted by Gasteiger charge is 2.32. The topological polar surface area (TPSA) is 82.4 Å². The van der Waals surface area contributed by atoms with Crippen molar-refractivity contribution in [2.24, 2.45) is 0 Å². The molecule has 1 saturated heterocycles. The predicted molar refractivity (Wildman–Crippen MR) is 151 cm³/mol. The Morgan fingerprint density at radius 1 is 1.03 bits per heavy atom. The molecule has 0 saturated carbocycles. The average molecular weight is 564 g/mol. The highest BCUT2D eigenvalue weighted by molar-refractivity contribution is 8.26. The lowest BCUT2D eigenvalue weighted by atomic mass is 10.1. The highest BCUT2D eigenvalue weighted by atomic mass is 32.2. The van der Waals surface area contributed by atoms with E-state index >= 15 is 0 Å². The Morgan fingerprint density at radius 3 is 2.54 bits per heavy atom. The number of nitrogens with zero attached hydrogens (tertiary/aromatic N) is 3. The number of rotatable bonds is 8. The average Bonchev–Trinajstić information content (AvgIpc) is 3.22. The lowest BCUT2D eigenvalue weighted by molar-refractivity contribution is -0.122. The smallest absolute Gasteiger partial charge is 0.269 e. The number of hydrogen-bond donors (Lipinski definition) is 0. The molecular weight excluding hydrogens is 541 g/mol. The molecule has 39 heavy (non-hydrogen) atoms. The van der Waals surface area contributed by atoms with Crippen LogP contribution >= 0.6 is 24.0 Å². The van der Waals surface area contributed by atoms with Crippen molar-refractivity contribution in [2.45, 2.75) is 6.42 Å². The first kappa shape index (κ1) is 26.4. The van der Waals surface area contributed by atoms with E-state index in [9.17, 15) is 14.0 Å². The summed E-state index contributed by atoms with van der Waals surface area (Å²) in [5.41, 5.74) is 0.952. The van der Waals surface area contributed by atoms with Crippen LogP contribution in [0.15, 0.2) is 76.6 Å². The first-order valence-electron chi connectivity index (χ1n) is 11.8. The number of amides is 1. The summed E-state index contributed by atoms with van der Waals surface area (Å²) in [6, 6.07) is 16.0. The minimum absolute atomic E-state index is 0.00611. The largest absolute Gasteiger partial charge is 0.493 e. The molecule has 0 atom stereocenters. The number of halogens is 1. The van der Waals surface area contributed by atoms with Crippen molar-refractivity contribution < 1.29 is 23.4 Å². The molecule has 0 radical (unpaired) electrons. The number of hydrogen-bond acceptors (Lipinski definition) is 8. The van der Waals surface area contributed by atoms with Gasteiger partial charge in [-0.2, -0.15) is 4.98 Å². The van der Waals surface area contributed by atoms with E-state index in [0.717, 1.165) is 17.3 Å². The summed E-state index contributed by atoms with van der Waals surface area (Å²) in [4.78, 5) is 33.0. The SMILES string of the molecule is COc1ccc(CCN2C(=O)/C(=C\c3c(Oc4ccc(F)cc4)nc4ccccn4c3=O)SC2=S)cc1OC. The van der Waals surface area contributed by atoms with Crippen LogP contribution in [0, 0.1) is 5.82 Å². The molecule has 1 amide bonds. The van der Waals surface area contributed by atoms with Crippen molar-refractivity contribution in [1.29, 1.82) is 0 Å². The van der Waals surface area contributed by atoms with Gasteiger partial charge in [-0.3, -0.25) is 18.9 Å². The second kappa shape index (κ2) is 11.3. The van der Waals surface area contributed by atoms with Crippen LogP contribution in [-0.2, 0) is 11.2 Å². The molecular formula is C28H22FN3O5S2. The number of ether oxygens (including phenoxy) is 3. The molecule has 5 rings (SSSR count). The highest BCUT2D eigenvalue weighted by Crippen LogP contribution is 2.35. The minimum atomic E-state index is -0.425. The van der Waals surface area contributed by atoms with Crippen LogP contribution in [0.1, 0.15) is 11.1 Å². The van der Waals surface area contributed by atoms with Crippen molar-refractivity contribution in [3.63, 3.8) is 0 Å². The Hall–Kier alpha value is -4.22. The zero-order chi connectivity index (χ0) is 27.5. The van der Waals surface area contributed by atoms with Gasteiger partial charge in [0.1, 0.15) is 27.1 Å². The van der Waals surface area contributed by atoms with Gasteiger partial charge >= 0.3 is 0 Å². The van der Waals surface area contributed by atoms with Gasteiger partial charge in [0.25, 0.3) is 11.5 Å². The molecule has 4 aromatic rings. The van der Waals surface area contributed by atoms with Gasteiger partial charge in [-0.15, -0.1) is 0 Å². The molecule has 198 valence electrons. The first-order chi connectivity index (χ1) is 18.9. The molecule has 0 bridgehead atoms. The summed E-state index contributed by atoms with van der Waals surface area (Å²) in [5.74, 6) is 0.748. The number of aromatic nitrogens is 2. The van der Waals surface area contributed by atoms with E-state index < -0.39 is 11.4 Å². The number of carbonyl (C=O) groups excluding carboxylic acids is 1. The molecule has 0 N–H and O–H groups in total. The van der Waals surface area contributed by atoms with Crippen molar-refractivity contribution in [3.05, 3.63) is 99.1 Å². The Labute approximate surface area is 232 Å². The van der Waals surface area contributed by atoms with Gasteiger partial charge in [-0.05, 0) is 66.6 Å². The predicted octanol–water partition coefficient (Wildman–Crippen LogP) is 5.09. The Kier molecular flexibility index (Phi) is 7.62. The standard InChI is InChI=1S/C28H22FN3O5S2/c1-35-21-11-6-17(15-22(21)36-2)12-14-32-27(34)23(39-28(32)38)16-20-25(37-19-9-7-18(29)8-10-19)30-24-5-3-4-13-31(24)26(20)33/h3-11,13,15-16H,12,14H2,1-2H3/b23-16+. The summed E-state index contributed by atoms with van der Waals surface area (Å²) < 4.78 is 31.7. The van der Waals surface area contributed by atoms with Crippen molar-refractivity contribution in [1.82, 2.24) is 14.3 Å². The van der Waals surface area contributed by atoms with E-state index in [0.29, 0.717) is 40.2 Å². The molecule has 1 fully saturated rings. The summed E-state index contributed by atoms with van der Waals surface area (Å²) in [6.07, 6.45) is 3.56. The number of fused-ring (bicyclic) bond motifs is 1. The number of benzene rings is 2. The van der Waals surface area contributed by atoms with Gasteiger partial charge in [-0.1, -0.05) is 36.1 Å². The van der Waals surface area contributed by atoms with Gasteiger partial charge in [0, 0.05) is 12.7 Å². The molecule has 0 unspecified atom stereocenters. The fourth-order valence-electron chi connectivity index (χ4n) is 4.00. The van der Waals surface area contributed by atoms with Crippen LogP contribution in [0.3, 0.4) is 0 Å². The van der Waals surface area contributed by atoms with Crippen molar-refractivity contribution >= 4 is 45.9 Å². The molecule has 2 aromatic carbocycles. The lowest BCUT2D eigenvalue weighted by Crippen LogP contribution is -2.30. The van der Waals surface area contributed by atoms with E-state index in [-0.39, 0.29) is 22.3 Å². The minimum Gasteiger partial charge on any atom is -0.493 e. The molecule has 1 aliphatic rings. The Balaban J connectivity index is 1.45. The Bertz CT molecular complexity index is 1670. The Morgan fingerprint density at radius 2 is 1.79 bits per heavy atom. The van der Waals surface area contributed by atoms with Gasteiger partial charge < -0.3 is 14.2 Å². The van der Waals surface area contributed by atoms with Crippen LogP contribution in [0.2, 0.25) is 0 Å². The fourth-order valence-corrected chi connectivity index (χ4v) is 5.29. The van der Waals surface area contributed by atoms with Crippen molar-refractivity contribution in [2.75, 3.05) is 20.8 Å². The van der Waals surface area contributed by atoms with Crippen LogP contribution < -0.4 is 19.8 Å². The van der Waals surface area contributed by atoms with Crippen LogP contribution in [-0.4, -0.2) is 45.3 Å². The summed E-state index contributed by atoms with van der Waals surface area (Å²) in [5, 5.41) is 0. The number of thiocarbonyl (C=S) groups is 1. The molecule has 0 aliphatic carbocycles. The molecule has 2 aromatic heterocycles. The third kappa shape index (κ3) is 5.50. The van der Waals surface area contributed by atoms with Gasteiger partial charge in [0.15, 0.2) is 11.5 Å². The van der Waals surface area contributed by atoms with Gasteiger partial charge in [0.2, 0.25) is 5.88 Å². The fraction of sp³-hybridized carbons (Fsp3) is 0.143.